The van der Waals surface area contributed by atoms with Crippen molar-refractivity contribution in [1.29, 1.82) is 0 Å². The van der Waals surface area contributed by atoms with E-state index in [1.165, 1.54) is 0 Å². The van der Waals surface area contributed by atoms with Gasteiger partial charge in [-0.1, -0.05) is 23.7 Å². The number of piperazine rings is 1. The molecule has 2 aromatic rings. The zero-order chi connectivity index (χ0) is 17.1. The lowest BCUT2D eigenvalue weighted by atomic mass is 10.1. The van der Waals surface area contributed by atoms with Gasteiger partial charge in [0, 0.05) is 41.2 Å². The molecule has 1 heterocycles. The average Bonchev–Trinajstić information content (AvgIpc) is 2.62. The Bertz CT molecular complexity index is 756. The van der Waals surface area contributed by atoms with E-state index in [2.05, 4.69) is 15.9 Å². The predicted molar refractivity (Wildman–Crippen MR) is 97.4 cm³/mol. The van der Waals surface area contributed by atoms with Crippen LogP contribution in [0.2, 0.25) is 5.02 Å². The Hall–Kier alpha value is -1.85. The van der Waals surface area contributed by atoms with Gasteiger partial charge in [-0.3, -0.25) is 9.59 Å². The molecule has 0 radical (unpaired) electrons. The Morgan fingerprint density at radius 1 is 0.833 bits per heavy atom. The summed E-state index contributed by atoms with van der Waals surface area (Å²) in [5, 5.41) is 0.607. The van der Waals surface area contributed by atoms with Gasteiger partial charge in [0.2, 0.25) is 0 Å². The molecule has 0 spiro atoms. The summed E-state index contributed by atoms with van der Waals surface area (Å²) in [6, 6.07) is 14.3. The van der Waals surface area contributed by atoms with Crippen LogP contribution in [-0.2, 0) is 0 Å². The SMILES string of the molecule is O=C(c1ccc(Cl)cc1)N1CCN(C(=O)c2ccccc2Br)CC1. The molecule has 24 heavy (non-hydrogen) atoms. The normalized spacial score (nSPS) is 14.6. The first-order valence-electron chi connectivity index (χ1n) is 7.65. The van der Waals surface area contributed by atoms with Crippen molar-refractivity contribution in [3.8, 4) is 0 Å². The van der Waals surface area contributed by atoms with Gasteiger partial charge < -0.3 is 9.80 Å². The maximum atomic E-state index is 12.6. The third kappa shape index (κ3) is 3.62. The van der Waals surface area contributed by atoms with Crippen molar-refractivity contribution in [2.24, 2.45) is 0 Å². The van der Waals surface area contributed by atoms with E-state index in [1.807, 2.05) is 18.2 Å². The number of rotatable bonds is 2. The van der Waals surface area contributed by atoms with Crippen molar-refractivity contribution in [1.82, 2.24) is 9.80 Å². The van der Waals surface area contributed by atoms with Crippen LogP contribution in [0.15, 0.2) is 53.0 Å². The highest BCUT2D eigenvalue weighted by Crippen LogP contribution is 2.19. The number of carbonyl (C=O) groups is 2. The molecule has 4 nitrogen and oxygen atoms in total. The second-order valence-electron chi connectivity index (χ2n) is 5.57. The minimum atomic E-state index is -0.0281. The van der Waals surface area contributed by atoms with Crippen molar-refractivity contribution in [3.05, 3.63) is 69.2 Å². The predicted octanol–water partition coefficient (Wildman–Crippen LogP) is 3.70. The Morgan fingerprint density at radius 2 is 1.38 bits per heavy atom. The second-order valence-corrected chi connectivity index (χ2v) is 6.86. The number of nitrogens with zero attached hydrogens (tertiary/aromatic N) is 2. The first-order valence-corrected chi connectivity index (χ1v) is 8.82. The molecule has 0 unspecified atom stereocenters. The Kier molecular flexibility index (Phi) is 5.21. The zero-order valence-corrected chi connectivity index (χ0v) is 15.3. The van der Waals surface area contributed by atoms with Gasteiger partial charge in [-0.25, -0.2) is 0 Å². The van der Waals surface area contributed by atoms with E-state index in [9.17, 15) is 9.59 Å². The van der Waals surface area contributed by atoms with Gasteiger partial charge in [0.15, 0.2) is 0 Å². The van der Waals surface area contributed by atoms with Gasteiger partial charge in [-0.05, 0) is 52.3 Å². The fourth-order valence-corrected chi connectivity index (χ4v) is 3.27. The molecule has 1 aliphatic rings. The minimum Gasteiger partial charge on any atom is -0.335 e. The largest absolute Gasteiger partial charge is 0.335 e. The maximum Gasteiger partial charge on any atom is 0.255 e. The number of carbonyl (C=O) groups excluding carboxylic acids is 2. The van der Waals surface area contributed by atoms with Crippen LogP contribution in [-0.4, -0.2) is 47.8 Å². The van der Waals surface area contributed by atoms with E-state index in [1.54, 1.807) is 40.1 Å². The molecule has 0 aromatic heterocycles. The summed E-state index contributed by atoms with van der Waals surface area (Å²) in [5.74, 6) is -0.0410. The molecule has 1 aliphatic heterocycles. The number of hydrogen-bond donors (Lipinski definition) is 0. The number of halogens is 2. The fraction of sp³-hybridized carbons (Fsp3) is 0.222. The van der Waals surface area contributed by atoms with Crippen molar-refractivity contribution >= 4 is 39.3 Å². The van der Waals surface area contributed by atoms with Crippen LogP contribution in [0.1, 0.15) is 20.7 Å². The van der Waals surface area contributed by atoms with Gasteiger partial charge in [0.25, 0.3) is 11.8 Å². The van der Waals surface area contributed by atoms with Crippen LogP contribution in [0.25, 0.3) is 0 Å². The molecule has 1 saturated heterocycles. The summed E-state index contributed by atoms with van der Waals surface area (Å²) in [7, 11) is 0. The van der Waals surface area contributed by atoms with Crippen LogP contribution >= 0.6 is 27.5 Å². The lowest BCUT2D eigenvalue weighted by Gasteiger charge is -2.35. The molecule has 1 fully saturated rings. The molecule has 0 N–H and O–H groups in total. The quantitative estimate of drug-likeness (QED) is 0.761. The summed E-state index contributed by atoms with van der Waals surface area (Å²) in [6.07, 6.45) is 0. The standard InChI is InChI=1S/C18H16BrClN2O2/c19-16-4-2-1-3-15(16)18(24)22-11-9-21(10-12-22)17(23)13-5-7-14(20)8-6-13/h1-8H,9-12H2. The van der Waals surface area contributed by atoms with Crippen molar-refractivity contribution in [3.63, 3.8) is 0 Å². The molecular weight excluding hydrogens is 392 g/mol. The van der Waals surface area contributed by atoms with Crippen molar-refractivity contribution in [2.45, 2.75) is 0 Å². The lowest BCUT2D eigenvalue weighted by Crippen LogP contribution is -2.50. The first-order chi connectivity index (χ1) is 11.6. The molecule has 0 aliphatic carbocycles. The number of benzene rings is 2. The van der Waals surface area contributed by atoms with Crippen LogP contribution < -0.4 is 0 Å². The van der Waals surface area contributed by atoms with E-state index in [-0.39, 0.29) is 11.8 Å². The van der Waals surface area contributed by atoms with E-state index in [4.69, 9.17) is 11.6 Å². The van der Waals surface area contributed by atoms with E-state index >= 15 is 0 Å². The van der Waals surface area contributed by atoms with Gasteiger partial charge >= 0.3 is 0 Å². The molecule has 2 aromatic carbocycles. The van der Waals surface area contributed by atoms with Gasteiger partial charge in [0.1, 0.15) is 0 Å². The summed E-state index contributed by atoms with van der Waals surface area (Å²) >= 11 is 9.27. The maximum absolute atomic E-state index is 12.6. The van der Waals surface area contributed by atoms with Crippen LogP contribution in [0.5, 0.6) is 0 Å². The molecular formula is C18H16BrClN2O2. The average molecular weight is 408 g/mol. The number of hydrogen-bond acceptors (Lipinski definition) is 2. The van der Waals surface area contributed by atoms with Crippen molar-refractivity contribution in [2.75, 3.05) is 26.2 Å². The van der Waals surface area contributed by atoms with Crippen molar-refractivity contribution < 1.29 is 9.59 Å². The van der Waals surface area contributed by atoms with E-state index in [0.717, 1.165) is 4.47 Å². The van der Waals surface area contributed by atoms with Gasteiger partial charge in [-0.2, -0.15) is 0 Å². The summed E-state index contributed by atoms with van der Waals surface area (Å²) in [4.78, 5) is 28.6. The van der Waals surface area contributed by atoms with Crippen LogP contribution in [0, 0.1) is 0 Å². The number of amides is 2. The smallest absolute Gasteiger partial charge is 0.255 e. The molecule has 0 saturated carbocycles. The highest BCUT2D eigenvalue weighted by atomic mass is 79.9. The second kappa shape index (κ2) is 7.36. The molecule has 3 rings (SSSR count). The molecule has 0 atom stereocenters. The summed E-state index contributed by atoms with van der Waals surface area (Å²) < 4.78 is 0.787. The third-order valence-corrected chi connectivity index (χ3v) is 4.99. The first kappa shape index (κ1) is 17.0. The van der Waals surface area contributed by atoms with E-state index in [0.29, 0.717) is 42.3 Å². The molecule has 124 valence electrons. The Labute approximate surface area is 154 Å². The molecule has 2 amide bonds. The van der Waals surface area contributed by atoms with E-state index < -0.39 is 0 Å². The molecule has 6 heteroatoms. The topological polar surface area (TPSA) is 40.6 Å². The third-order valence-electron chi connectivity index (χ3n) is 4.05. The van der Waals surface area contributed by atoms with Crippen LogP contribution in [0.3, 0.4) is 0 Å². The lowest BCUT2D eigenvalue weighted by molar-refractivity contribution is 0.0535. The Morgan fingerprint density at radius 3 is 1.96 bits per heavy atom. The summed E-state index contributed by atoms with van der Waals surface area (Å²) in [6.45, 7) is 2.11. The zero-order valence-electron chi connectivity index (χ0n) is 12.9. The van der Waals surface area contributed by atoms with Crippen LogP contribution in [0.4, 0.5) is 0 Å². The van der Waals surface area contributed by atoms with Gasteiger partial charge in [-0.15, -0.1) is 0 Å². The van der Waals surface area contributed by atoms with Gasteiger partial charge in [0.05, 0.1) is 5.56 Å². The molecule has 0 bridgehead atoms. The highest BCUT2D eigenvalue weighted by molar-refractivity contribution is 9.10. The Balaban J connectivity index is 1.63. The highest BCUT2D eigenvalue weighted by Gasteiger charge is 2.26. The fourth-order valence-electron chi connectivity index (χ4n) is 2.69. The minimum absolute atomic E-state index is 0.0129. The summed E-state index contributed by atoms with van der Waals surface area (Å²) in [5.41, 5.74) is 1.26. The monoisotopic (exact) mass is 406 g/mol.